The van der Waals surface area contributed by atoms with E-state index < -0.39 is 0 Å². The van der Waals surface area contributed by atoms with Crippen molar-refractivity contribution in [3.05, 3.63) is 3.95 Å². The zero-order valence-electron chi connectivity index (χ0n) is 6.73. The fourth-order valence-electron chi connectivity index (χ4n) is 0.546. The molecule has 0 spiro atoms. The predicted octanol–water partition coefficient (Wildman–Crippen LogP) is 1.89. The van der Waals surface area contributed by atoms with Gasteiger partial charge >= 0.3 is 0 Å². The molecule has 0 aliphatic carbocycles. The Kier molecular flexibility index (Phi) is 3.42. The molecule has 66 valence electrons. The van der Waals surface area contributed by atoms with Crippen LogP contribution < -0.4 is 0 Å². The molecule has 0 radical (unpaired) electrons. The van der Waals surface area contributed by atoms with Crippen LogP contribution in [0.3, 0.4) is 0 Å². The third-order valence-electron chi connectivity index (χ3n) is 1.07. The van der Waals surface area contributed by atoms with Crippen LogP contribution in [0.5, 0.6) is 0 Å². The van der Waals surface area contributed by atoms with Gasteiger partial charge in [0.2, 0.25) is 0 Å². The van der Waals surface area contributed by atoms with E-state index in [0.717, 1.165) is 8.29 Å². The second kappa shape index (κ2) is 4.15. The lowest BCUT2D eigenvalue weighted by molar-refractivity contribution is -0.114. The molecule has 12 heavy (non-hydrogen) atoms. The number of aromatic nitrogens is 2. The molecule has 1 rings (SSSR count). The minimum absolute atomic E-state index is 0.156. The number of ketones is 1. The van der Waals surface area contributed by atoms with Gasteiger partial charge < -0.3 is 0 Å². The van der Waals surface area contributed by atoms with Gasteiger partial charge in [0.1, 0.15) is 5.78 Å². The largest absolute Gasteiger partial charge is 0.299 e. The van der Waals surface area contributed by atoms with Crippen molar-refractivity contribution in [2.24, 2.45) is 7.05 Å². The summed E-state index contributed by atoms with van der Waals surface area (Å²) in [6, 6.07) is 0. The molecular formula is C6H8N2OS3. The van der Waals surface area contributed by atoms with Gasteiger partial charge in [-0.25, -0.2) is 4.68 Å². The SMILES string of the molecule is CC(=O)CSc1nn(C)c(=S)s1. The summed E-state index contributed by atoms with van der Waals surface area (Å²) in [7, 11) is 1.80. The van der Waals surface area contributed by atoms with Crippen LogP contribution >= 0.6 is 35.3 Å². The van der Waals surface area contributed by atoms with Crippen molar-refractivity contribution in [2.45, 2.75) is 11.3 Å². The molecule has 0 unspecified atom stereocenters. The lowest BCUT2D eigenvalue weighted by Gasteiger charge is -1.89. The number of carbonyl (C=O) groups excluding carboxylic acids is 1. The molecule has 0 aliphatic heterocycles. The van der Waals surface area contributed by atoms with Gasteiger partial charge in [-0.15, -0.1) is 0 Å². The maximum atomic E-state index is 10.6. The molecule has 1 aromatic rings. The first-order chi connectivity index (χ1) is 5.59. The summed E-state index contributed by atoms with van der Waals surface area (Å²) < 4.78 is 3.24. The van der Waals surface area contributed by atoms with E-state index in [9.17, 15) is 4.79 Å². The van der Waals surface area contributed by atoms with Gasteiger partial charge in [0, 0.05) is 7.05 Å². The van der Waals surface area contributed by atoms with Crippen LogP contribution in [0.2, 0.25) is 0 Å². The fourth-order valence-corrected chi connectivity index (χ4v) is 2.62. The Bertz CT molecular complexity index is 341. The molecule has 3 nitrogen and oxygen atoms in total. The van der Waals surface area contributed by atoms with Crippen molar-refractivity contribution in [3.8, 4) is 0 Å². The van der Waals surface area contributed by atoms with Crippen LogP contribution in [0.1, 0.15) is 6.92 Å². The van der Waals surface area contributed by atoms with E-state index in [1.54, 1.807) is 18.7 Å². The lowest BCUT2D eigenvalue weighted by atomic mass is 10.5. The van der Waals surface area contributed by atoms with Gasteiger partial charge in [-0.1, -0.05) is 23.1 Å². The first-order valence-electron chi connectivity index (χ1n) is 3.26. The average Bonchev–Trinajstić information content (AvgIpc) is 2.28. The molecule has 0 bridgehead atoms. The smallest absolute Gasteiger partial charge is 0.179 e. The fraction of sp³-hybridized carbons (Fsp3) is 0.500. The highest BCUT2D eigenvalue weighted by molar-refractivity contribution is 8.01. The number of thioether (sulfide) groups is 1. The molecule has 0 amide bonds. The van der Waals surface area contributed by atoms with Gasteiger partial charge in [0.05, 0.1) is 5.75 Å². The number of Topliss-reactive ketones (excluding diaryl/α,β-unsaturated/α-hetero) is 1. The molecule has 1 heterocycles. The van der Waals surface area contributed by atoms with Gasteiger partial charge in [0.25, 0.3) is 0 Å². The molecule has 0 N–H and O–H groups in total. The number of nitrogens with zero attached hydrogens (tertiary/aromatic N) is 2. The second-order valence-corrected chi connectivity index (χ2v) is 5.09. The normalized spacial score (nSPS) is 10.2. The van der Waals surface area contributed by atoms with Gasteiger partial charge in [-0.2, -0.15) is 5.10 Å². The van der Waals surface area contributed by atoms with E-state index >= 15 is 0 Å². The van der Waals surface area contributed by atoms with Crippen molar-refractivity contribution in [1.82, 2.24) is 9.78 Å². The number of aryl methyl sites for hydroxylation is 1. The van der Waals surface area contributed by atoms with E-state index in [4.69, 9.17) is 12.2 Å². The van der Waals surface area contributed by atoms with Gasteiger partial charge in [0.15, 0.2) is 8.29 Å². The monoisotopic (exact) mass is 220 g/mol. The highest BCUT2D eigenvalue weighted by Crippen LogP contribution is 2.20. The third-order valence-corrected chi connectivity index (χ3v) is 3.76. The Balaban J connectivity index is 2.65. The average molecular weight is 220 g/mol. The van der Waals surface area contributed by atoms with E-state index in [-0.39, 0.29) is 5.78 Å². The molecule has 0 saturated carbocycles. The highest BCUT2D eigenvalue weighted by atomic mass is 32.2. The first-order valence-corrected chi connectivity index (χ1v) is 5.47. The van der Waals surface area contributed by atoms with Gasteiger partial charge in [-0.05, 0) is 19.1 Å². The van der Waals surface area contributed by atoms with Gasteiger partial charge in [-0.3, -0.25) is 4.79 Å². The summed E-state index contributed by atoms with van der Waals surface area (Å²) in [6.45, 7) is 1.56. The summed E-state index contributed by atoms with van der Waals surface area (Å²) >= 11 is 7.84. The van der Waals surface area contributed by atoms with Crippen molar-refractivity contribution in [1.29, 1.82) is 0 Å². The van der Waals surface area contributed by atoms with Crippen LogP contribution in [-0.4, -0.2) is 21.3 Å². The summed E-state index contributed by atoms with van der Waals surface area (Å²) in [5.41, 5.74) is 0. The maximum absolute atomic E-state index is 10.6. The van der Waals surface area contributed by atoms with E-state index in [0.29, 0.717) is 5.75 Å². The zero-order chi connectivity index (χ0) is 9.14. The van der Waals surface area contributed by atoms with Crippen LogP contribution in [0, 0.1) is 3.95 Å². The minimum Gasteiger partial charge on any atom is -0.299 e. The predicted molar refractivity (Wildman–Crippen MR) is 53.3 cm³/mol. The van der Waals surface area contributed by atoms with Crippen LogP contribution in [0.4, 0.5) is 0 Å². The Labute approximate surface area is 83.8 Å². The van der Waals surface area contributed by atoms with Crippen LogP contribution in [0.15, 0.2) is 4.34 Å². The van der Waals surface area contributed by atoms with Crippen LogP contribution in [-0.2, 0) is 11.8 Å². The molecule has 1 aromatic heterocycles. The number of hydrogen-bond donors (Lipinski definition) is 0. The lowest BCUT2D eigenvalue weighted by Crippen LogP contribution is -1.93. The van der Waals surface area contributed by atoms with Crippen molar-refractivity contribution in [2.75, 3.05) is 5.75 Å². The molecular weight excluding hydrogens is 212 g/mol. The Morgan fingerprint density at radius 2 is 2.50 bits per heavy atom. The molecule has 0 aliphatic rings. The Morgan fingerprint density at radius 3 is 2.92 bits per heavy atom. The zero-order valence-corrected chi connectivity index (χ0v) is 9.18. The first kappa shape index (κ1) is 9.88. The second-order valence-electron chi connectivity index (χ2n) is 2.25. The molecule has 0 saturated heterocycles. The van der Waals surface area contributed by atoms with Crippen molar-refractivity contribution < 1.29 is 4.79 Å². The van der Waals surface area contributed by atoms with Crippen LogP contribution in [0.25, 0.3) is 0 Å². The minimum atomic E-state index is 0.156. The summed E-state index contributed by atoms with van der Waals surface area (Å²) in [5.74, 6) is 0.631. The quantitative estimate of drug-likeness (QED) is 0.575. The highest BCUT2D eigenvalue weighted by Gasteiger charge is 2.02. The van der Waals surface area contributed by atoms with E-state index in [1.165, 1.54) is 23.1 Å². The topological polar surface area (TPSA) is 34.9 Å². The number of hydrogen-bond acceptors (Lipinski definition) is 5. The Hall–Kier alpha value is -0.200. The van der Waals surface area contributed by atoms with Crippen molar-refractivity contribution >= 4 is 41.1 Å². The number of carbonyl (C=O) groups is 1. The summed E-state index contributed by atoms with van der Waals surface area (Å²) in [4.78, 5) is 10.6. The maximum Gasteiger partial charge on any atom is 0.179 e. The summed E-state index contributed by atoms with van der Waals surface area (Å²) in [5, 5.41) is 4.12. The molecule has 6 heteroatoms. The van der Waals surface area contributed by atoms with E-state index in [1.807, 2.05) is 0 Å². The van der Waals surface area contributed by atoms with Crippen molar-refractivity contribution in [3.63, 3.8) is 0 Å². The summed E-state index contributed by atoms with van der Waals surface area (Å²) in [6.07, 6.45) is 0. The third kappa shape index (κ3) is 2.69. The Morgan fingerprint density at radius 1 is 1.83 bits per heavy atom. The number of rotatable bonds is 3. The molecule has 0 atom stereocenters. The van der Waals surface area contributed by atoms with E-state index in [2.05, 4.69) is 5.10 Å². The standard InChI is InChI=1S/C6H8N2OS3/c1-4(9)3-11-5-7-8(2)6(10)12-5/h3H2,1-2H3. The molecule has 0 aromatic carbocycles. The molecule has 0 fully saturated rings.